The van der Waals surface area contributed by atoms with Crippen LogP contribution in [0, 0.1) is 0 Å². The van der Waals surface area contributed by atoms with E-state index in [1.54, 1.807) is 0 Å². The Labute approximate surface area is 195 Å². The summed E-state index contributed by atoms with van der Waals surface area (Å²) in [6.45, 7) is 2.08. The number of hydrogen-bond acceptors (Lipinski definition) is 1. The predicted octanol–water partition coefficient (Wildman–Crippen LogP) is 6.49. The van der Waals surface area contributed by atoms with Crippen LogP contribution < -0.4 is 5.32 Å². The van der Waals surface area contributed by atoms with Crippen molar-refractivity contribution in [2.24, 2.45) is 7.05 Å². The topological polar surface area (TPSA) is 34.0 Å². The van der Waals surface area contributed by atoms with Crippen molar-refractivity contribution in [1.29, 1.82) is 0 Å². The van der Waals surface area contributed by atoms with E-state index in [1.165, 1.54) is 10.9 Å². The van der Waals surface area contributed by atoms with Gasteiger partial charge in [-0.15, -0.1) is 0 Å². The van der Waals surface area contributed by atoms with Gasteiger partial charge in [-0.25, -0.2) is 0 Å². The molecule has 3 aromatic carbocycles. The highest BCUT2D eigenvalue weighted by Gasteiger charge is 2.23. The fourth-order valence-corrected chi connectivity index (χ4v) is 4.50. The monoisotopic (exact) mass is 444 g/mol. The van der Waals surface area contributed by atoms with Gasteiger partial charge < -0.3 is 9.88 Å². The third-order valence-electron chi connectivity index (χ3n) is 6.08. The molecule has 4 rings (SSSR count). The first-order valence-corrected chi connectivity index (χ1v) is 11.5. The van der Waals surface area contributed by atoms with Crippen LogP contribution in [0.1, 0.15) is 42.4 Å². The number of nitrogens with zero attached hydrogens (tertiary/aromatic N) is 1. The number of rotatable bonds is 8. The predicted molar refractivity (Wildman–Crippen MR) is 133 cm³/mol. The summed E-state index contributed by atoms with van der Waals surface area (Å²) in [7, 11) is 2.05. The molecule has 0 spiro atoms. The Hall–Kier alpha value is -3.04. The van der Waals surface area contributed by atoms with E-state index in [0.717, 1.165) is 29.5 Å². The normalized spacial score (nSPS) is 13.1. The second-order valence-electron chi connectivity index (χ2n) is 8.51. The molecule has 0 aliphatic rings. The van der Waals surface area contributed by atoms with Crippen molar-refractivity contribution in [3.05, 3.63) is 107 Å². The maximum Gasteiger partial charge on any atom is 0.221 e. The summed E-state index contributed by atoms with van der Waals surface area (Å²) >= 11 is 6.14. The Bertz CT molecular complexity index is 1180. The molecule has 1 aromatic heterocycles. The number of carbonyl (C=O) groups is 1. The minimum atomic E-state index is -0.0420. The highest BCUT2D eigenvalue weighted by Crippen LogP contribution is 2.35. The lowest BCUT2D eigenvalue weighted by atomic mass is 9.88. The van der Waals surface area contributed by atoms with Crippen LogP contribution in [0.5, 0.6) is 0 Å². The van der Waals surface area contributed by atoms with Crippen molar-refractivity contribution in [1.82, 2.24) is 9.88 Å². The first-order valence-electron chi connectivity index (χ1n) is 11.1. The molecule has 32 heavy (non-hydrogen) atoms. The van der Waals surface area contributed by atoms with Crippen LogP contribution in [0.3, 0.4) is 0 Å². The number of benzene rings is 3. The van der Waals surface area contributed by atoms with Gasteiger partial charge in [-0.3, -0.25) is 4.79 Å². The summed E-state index contributed by atoms with van der Waals surface area (Å²) in [5.41, 5.74) is 4.72. The third-order valence-corrected chi connectivity index (χ3v) is 6.33. The minimum absolute atomic E-state index is 0.0420. The van der Waals surface area contributed by atoms with E-state index in [0.29, 0.717) is 11.4 Å². The lowest BCUT2D eigenvalue weighted by molar-refractivity contribution is -0.121. The van der Waals surface area contributed by atoms with Crippen LogP contribution >= 0.6 is 11.6 Å². The van der Waals surface area contributed by atoms with E-state index in [9.17, 15) is 4.79 Å². The summed E-state index contributed by atoms with van der Waals surface area (Å²) in [6.07, 6.45) is 4.41. The van der Waals surface area contributed by atoms with Crippen LogP contribution in [0.4, 0.5) is 0 Å². The average molecular weight is 445 g/mol. The Balaban J connectivity index is 1.53. The zero-order valence-corrected chi connectivity index (χ0v) is 19.3. The summed E-state index contributed by atoms with van der Waals surface area (Å²) in [4.78, 5) is 13.1. The average Bonchev–Trinajstić information content (AvgIpc) is 3.14. The molecule has 0 fully saturated rings. The van der Waals surface area contributed by atoms with Gasteiger partial charge in [0.2, 0.25) is 5.91 Å². The molecule has 1 N–H and O–H groups in total. The zero-order valence-electron chi connectivity index (χ0n) is 18.6. The Morgan fingerprint density at radius 2 is 1.66 bits per heavy atom. The molecule has 1 heterocycles. The number of aryl methyl sites for hydroxylation is 2. The van der Waals surface area contributed by atoms with Crippen molar-refractivity contribution in [2.75, 3.05) is 0 Å². The van der Waals surface area contributed by atoms with Gasteiger partial charge in [0.15, 0.2) is 0 Å². The SMILES string of the molecule is C[C@@H](CCc1ccccc1)NC(=O)C[C@@H](c1ccc(Cl)cc1)c1cn(C)c2ccccc12. The molecular weight excluding hydrogens is 416 g/mol. The van der Waals surface area contributed by atoms with Crippen LogP contribution in [-0.4, -0.2) is 16.5 Å². The number of hydrogen-bond donors (Lipinski definition) is 1. The molecule has 0 radical (unpaired) electrons. The smallest absolute Gasteiger partial charge is 0.221 e. The van der Waals surface area contributed by atoms with Gasteiger partial charge in [0.05, 0.1) is 0 Å². The number of nitrogens with one attached hydrogen (secondary N) is 1. The van der Waals surface area contributed by atoms with Crippen molar-refractivity contribution in [2.45, 2.75) is 38.1 Å². The second kappa shape index (κ2) is 10.1. The van der Waals surface area contributed by atoms with Crippen molar-refractivity contribution in [3.8, 4) is 0 Å². The number of carbonyl (C=O) groups excluding carboxylic acids is 1. The highest BCUT2D eigenvalue weighted by atomic mass is 35.5. The molecule has 164 valence electrons. The fraction of sp³-hybridized carbons (Fsp3) is 0.250. The van der Waals surface area contributed by atoms with E-state index < -0.39 is 0 Å². The van der Waals surface area contributed by atoms with Crippen LogP contribution in [0.15, 0.2) is 85.1 Å². The maximum atomic E-state index is 13.1. The summed E-state index contributed by atoms with van der Waals surface area (Å²) in [6, 6.07) is 26.7. The molecule has 0 saturated carbocycles. The summed E-state index contributed by atoms with van der Waals surface area (Å²) < 4.78 is 2.13. The standard InChI is InChI=1S/C28H29ClN2O/c1-20(12-13-21-8-4-3-5-9-21)30-28(32)18-25(22-14-16-23(29)17-15-22)26-19-31(2)27-11-7-6-10-24(26)27/h3-11,14-17,19-20,25H,12-13,18H2,1-2H3,(H,30,32)/t20-,25-/m0/s1. The molecule has 0 unspecified atom stereocenters. The Morgan fingerprint density at radius 3 is 2.41 bits per heavy atom. The molecule has 0 bridgehead atoms. The quantitative estimate of drug-likeness (QED) is 0.331. The minimum Gasteiger partial charge on any atom is -0.354 e. The van der Waals surface area contributed by atoms with Crippen molar-refractivity contribution >= 4 is 28.4 Å². The summed E-state index contributed by atoms with van der Waals surface area (Å²) in [5.74, 6) is 0.0261. The van der Waals surface area contributed by atoms with Crippen LogP contribution in [-0.2, 0) is 18.3 Å². The first kappa shape index (κ1) is 22.2. The first-order chi connectivity index (χ1) is 15.5. The Morgan fingerprint density at radius 1 is 0.969 bits per heavy atom. The lowest BCUT2D eigenvalue weighted by Gasteiger charge is -2.20. The second-order valence-corrected chi connectivity index (χ2v) is 8.95. The van der Waals surface area contributed by atoms with E-state index >= 15 is 0 Å². The van der Waals surface area contributed by atoms with Gasteiger partial charge in [0.25, 0.3) is 0 Å². The van der Waals surface area contributed by atoms with Crippen molar-refractivity contribution in [3.63, 3.8) is 0 Å². The number of fused-ring (bicyclic) bond motifs is 1. The van der Waals surface area contributed by atoms with Gasteiger partial charge in [-0.1, -0.05) is 72.3 Å². The Kier molecular flexibility index (Phi) is 6.96. The van der Waals surface area contributed by atoms with E-state index in [-0.39, 0.29) is 17.9 Å². The van der Waals surface area contributed by atoms with Gasteiger partial charge in [-0.2, -0.15) is 0 Å². The fourth-order valence-electron chi connectivity index (χ4n) is 4.37. The molecular formula is C28H29ClN2O. The van der Waals surface area contributed by atoms with Gasteiger partial charge in [0.1, 0.15) is 0 Å². The molecule has 0 aliphatic heterocycles. The van der Waals surface area contributed by atoms with E-state index in [4.69, 9.17) is 11.6 Å². The molecule has 0 saturated heterocycles. The third kappa shape index (κ3) is 5.23. The number of para-hydroxylation sites is 1. The molecule has 0 aliphatic carbocycles. The van der Waals surface area contributed by atoms with E-state index in [2.05, 4.69) is 72.5 Å². The molecule has 2 atom stereocenters. The summed E-state index contributed by atoms with van der Waals surface area (Å²) in [5, 5.41) is 5.09. The van der Waals surface area contributed by atoms with Crippen LogP contribution in [0.2, 0.25) is 5.02 Å². The molecule has 3 nitrogen and oxygen atoms in total. The number of halogens is 1. The maximum absolute atomic E-state index is 13.1. The zero-order chi connectivity index (χ0) is 22.5. The lowest BCUT2D eigenvalue weighted by Crippen LogP contribution is -2.33. The van der Waals surface area contributed by atoms with Gasteiger partial charge >= 0.3 is 0 Å². The molecule has 1 amide bonds. The van der Waals surface area contributed by atoms with Crippen molar-refractivity contribution < 1.29 is 4.79 Å². The number of amides is 1. The van der Waals surface area contributed by atoms with Gasteiger partial charge in [0, 0.05) is 47.6 Å². The van der Waals surface area contributed by atoms with Crippen LogP contribution in [0.25, 0.3) is 10.9 Å². The van der Waals surface area contributed by atoms with Gasteiger partial charge in [-0.05, 0) is 54.7 Å². The largest absolute Gasteiger partial charge is 0.354 e. The number of aromatic nitrogens is 1. The molecule has 4 heteroatoms. The molecule has 4 aromatic rings. The van der Waals surface area contributed by atoms with E-state index in [1.807, 2.05) is 36.4 Å². The highest BCUT2D eigenvalue weighted by molar-refractivity contribution is 6.30.